The van der Waals surface area contributed by atoms with Crippen molar-refractivity contribution in [3.8, 4) is 5.75 Å². The monoisotopic (exact) mass is 259 g/mol. The zero-order valence-corrected chi connectivity index (χ0v) is 7.97. The van der Waals surface area contributed by atoms with E-state index >= 15 is 0 Å². The van der Waals surface area contributed by atoms with Crippen LogP contribution in [0.5, 0.6) is 5.75 Å². The molecule has 88 valence electrons. The van der Waals surface area contributed by atoms with Crippen LogP contribution < -0.4 is 4.74 Å². The number of rotatable bonds is 2. The van der Waals surface area contributed by atoms with Gasteiger partial charge in [0.15, 0.2) is 5.75 Å². The number of nitrogens with zero attached hydrogens (tertiary/aromatic N) is 1. The summed E-state index contributed by atoms with van der Waals surface area (Å²) in [6.45, 7) is 0. The molecule has 0 spiro atoms. The van der Waals surface area contributed by atoms with E-state index < -0.39 is 33.6 Å². The first kappa shape index (κ1) is 12.5. The third kappa shape index (κ3) is 2.96. The summed E-state index contributed by atoms with van der Waals surface area (Å²) in [6.07, 6.45) is -5.06. The average molecular weight is 260 g/mol. The molecule has 0 heterocycles. The maximum absolute atomic E-state index is 12.9. The molecule has 4 nitrogen and oxygen atoms in total. The van der Waals surface area contributed by atoms with Crippen molar-refractivity contribution in [3.05, 3.63) is 33.1 Å². The van der Waals surface area contributed by atoms with E-state index in [1.165, 1.54) is 0 Å². The zero-order chi connectivity index (χ0) is 12.5. The number of nitro groups is 1. The summed E-state index contributed by atoms with van der Waals surface area (Å²) in [7, 11) is 0. The van der Waals surface area contributed by atoms with Gasteiger partial charge >= 0.3 is 12.0 Å². The van der Waals surface area contributed by atoms with Gasteiger partial charge in [-0.2, -0.15) is 4.39 Å². The van der Waals surface area contributed by atoms with Crippen molar-refractivity contribution in [1.29, 1.82) is 0 Å². The summed E-state index contributed by atoms with van der Waals surface area (Å²) >= 11 is 5.22. The molecule has 0 saturated heterocycles. The maximum atomic E-state index is 12.9. The molecule has 16 heavy (non-hydrogen) atoms. The van der Waals surface area contributed by atoms with Gasteiger partial charge in [-0.1, -0.05) is 11.6 Å². The van der Waals surface area contributed by atoms with Gasteiger partial charge in [-0.25, -0.2) is 0 Å². The minimum absolute atomic E-state index is 0.269. The van der Waals surface area contributed by atoms with Gasteiger partial charge in [0.05, 0.1) is 16.0 Å². The van der Waals surface area contributed by atoms with Gasteiger partial charge < -0.3 is 4.74 Å². The van der Waals surface area contributed by atoms with Gasteiger partial charge in [0.2, 0.25) is 5.82 Å². The first-order chi connectivity index (χ1) is 7.20. The summed E-state index contributed by atoms with van der Waals surface area (Å²) in [6, 6.07) is 0.645. The highest BCUT2D eigenvalue weighted by atomic mass is 35.5. The summed E-state index contributed by atoms with van der Waals surface area (Å²) in [5, 5.41) is 9.53. The Morgan fingerprint density at radius 1 is 1.38 bits per heavy atom. The number of benzene rings is 1. The van der Waals surface area contributed by atoms with E-state index in [2.05, 4.69) is 4.74 Å². The fourth-order valence-electron chi connectivity index (χ4n) is 0.861. The van der Waals surface area contributed by atoms with Crippen molar-refractivity contribution in [2.75, 3.05) is 0 Å². The quantitative estimate of drug-likeness (QED) is 0.465. The second kappa shape index (κ2) is 4.12. The lowest BCUT2D eigenvalue weighted by Gasteiger charge is -2.09. The minimum atomic E-state index is -5.06. The Hall–Kier alpha value is -1.57. The molecule has 9 heteroatoms. The largest absolute Gasteiger partial charge is 0.573 e. The molecule has 0 fully saturated rings. The topological polar surface area (TPSA) is 52.4 Å². The SMILES string of the molecule is O=[N+]([O-])c1cc(OC(F)(F)F)c(Cl)cc1F. The normalized spacial score (nSPS) is 11.3. The zero-order valence-electron chi connectivity index (χ0n) is 7.22. The van der Waals surface area contributed by atoms with Gasteiger partial charge in [0.25, 0.3) is 0 Å². The Morgan fingerprint density at radius 3 is 2.38 bits per heavy atom. The molecular formula is C7H2ClF4NO3. The molecule has 0 bridgehead atoms. The fourth-order valence-corrected chi connectivity index (χ4v) is 1.05. The molecule has 1 rings (SSSR count). The van der Waals surface area contributed by atoms with E-state index in [-0.39, 0.29) is 6.07 Å². The molecule has 0 radical (unpaired) electrons. The lowest BCUT2D eigenvalue weighted by atomic mass is 10.3. The number of ether oxygens (including phenoxy) is 1. The van der Waals surface area contributed by atoms with Crippen LogP contribution >= 0.6 is 11.6 Å². The predicted molar refractivity (Wildman–Crippen MR) is 44.7 cm³/mol. The van der Waals surface area contributed by atoms with Crippen molar-refractivity contribution in [2.45, 2.75) is 6.36 Å². The van der Waals surface area contributed by atoms with Crippen LogP contribution in [0.15, 0.2) is 12.1 Å². The molecule has 0 aromatic heterocycles. The Labute approximate surface area is 90.5 Å². The van der Waals surface area contributed by atoms with Crippen LogP contribution in [-0.4, -0.2) is 11.3 Å². The Bertz CT molecular complexity index is 434. The summed E-state index contributed by atoms with van der Waals surface area (Å²) in [5.41, 5.74) is -1.15. The maximum Gasteiger partial charge on any atom is 0.573 e. The Kier molecular flexibility index (Phi) is 3.22. The summed E-state index contributed by atoms with van der Waals surface area (Å²) in [5.74, 6) is -2.37. The van der Waals surface area contributed by atoms with Crippen LogP contribution in [0.4, 0.5) is 23.2 Å². The number of hydrogen-bond acceptors (Lipinski definition) is 3. The molecule has 1 aromatic carbocycles. The second-order valence-corrected chi connectivity index (χ2v) is 2.95. The molecule has 0 aliphatic rings. The molecule has 0 unspecified atom stereocenters. The minimum Gasteiger partial charge on any atom is -0.404 e. The Morgan fingerprint density at radius 2 is 1.94 bits per heavy atom. The van der Waals surface area contributed by atoms with E-state index in [4.69, 9.17) is 11.6 Å². The van der Waals surface area contributed by atoms with Gasteiger partial charge in [-0.3, -0.25) is 10.1 Å². The summed E-state index contributed by atoms with van der Waals surface area (Å²) in [4.78, 5) is 9.05. The van der Waals surface area contributed by atoms with Crippen molar-refractivity contribution in [3.63, 3.8) is 0 Å². The van der Waals surface area contributed by atoms with E-state index in [1.807, 2.05) is 0 Å². The molecule has 0 N–H and O–H groups in total. The third-order valence-corrected chi connectivity index (χ3v) is 1.72. The molecule has 0 saturated carbocycles. The lowest BCUT2D eigenvalue weighted by Crippen LogP contribution is -2.17. The van der Waals surface area contributed by atoms with Crippen LogP contribution in [-0.2, 0) is 0 Å². The number of nitro benzene ring substituents is 1. The first-order valence-electron chi connectivity index (χ1n) is 3.60. The van der Waals surface area contributed by atoms with Gasteiger partial charge in [-0.05, 0) is 0 Å². The van der Waals surface area contributed by atoms with E-state index in [0.29, 0.717) is 6.07 Å². The highest BCUT2D eigenvalue weighted by Crippen LogP contribution is 2.34. The van der Waals surface area contributed by atoms with Crippen molar-refractivity contribution < 1.29 is 27.2 Å². The molecule has 0 atom stereocenters. The standard InChI is InChI=1S/C7H2ClF4NO3/c8-3-1-4(9)5(13(14)15)2-6(3)16-7(10,11)12/h1-2H. The molecule has 1 aromatic rings. The van der Waals surface area contributed by atoms with Crippen molar-refractivity contribution >= 4 is 17.3 Å². The van der Waals surface area contributed by atoms with Crippen LogP contribution in [0, 0.1) is 15.9 Å². The van der Waals surface area contributed by atoms with Gasteiger partial charge in [-0.15, -0.1) is 13.2 Å². The average Bonchev–Trinajstić information content (AvgIpc) is 2.07. The predicted octanol–water partition coefficient (Wildman–Crippen LogP) is 3.29. The highest BCUT2D eigenvalue weighted by Gasteiger charge is 2.33. The van der Waals surface area contributed by atoms with Crippen molar-refractivity contribution in [1.82, 2.24) is 0 Å². The van der Waals surface area contributed by atoms with Crippen molar-refractivity contribution in [2.24, 2.45) is 0 Å². The molecule has 0 aliphatic carbocycles. The van der Waals surface area contributed by atoms with Gasteiger partial charge in [0.1, 0.15) is 0 Å². The van der Waals surface area contributed by atoms with Crippen LogP contribution in [0.3, 0.4) is 0 Å². The highest BCUT2D eigenvalue weighted by molar-refractivity contribution is 6.32. The summed E-state index contributed by atoms with van der Waals surface area (Å²) < 4.78 is 51.7. The third-order valence-electron chi connectivity index (χ3n) is 1.42. The second-order valence-electron chi connectivity index (χ2n) is 2.54. The lowest BCUT2D eigenvalue weighted by molar-refractivity contribution is -0.387. The van der Waals surface area contributed by atoms with E-state index in [1.54, 1.807) is 0 Å². The molecular weight excluding hydrogens is 258 g/mol. The number of halogens is 5. The van der Waals surface area contributed by atoms with Crippen LogP contribution in [0.2, 0.25) is 5.02 Å². The smallest absolute Gasteiger partial charge is 0.404 e. The van der Waals surface area contributed by atoms with Crippen LogP contribution in [0.25, 0.3) is 0 Å². The molecule has 0 aliphatic heterocycles. The Balaban J connectivity index is 3.20. The fraction of sp³-hybridized carbons (Fsp3) is 0.143. The molecule has 0 amide bonds. The number of alkyl halides is 3. The van der Waals surface area contributed by atoms with E-state index in [0.717, 1.165) is 0 Å². The number of hydrogen-bond donors (Lipinski definition) is 0. The van der Waals surface area contributed by atoms with Crippen LogP contribution in [0.1, 0.15) is 0 Å². The van der Waals surface area contributed by atoms with E-state index in [9.17, 15) is 27.7 Å². The first-order valence-corrected chi connectivity index (χ1v) is 3.97. The van der Waals surface area contributed by atoms with Gasteiger partial charge in [0, 0.05) is 6.07 Å².